The van der Waals surface area contributed by atoms with Crippen molar-refractivity contribution in [1.82, 2.24) is 4.90 Å². The van der Waals surface area contributed by atoms with Crippen molar-refractivity contribution in [2.24, 2.45) is 0 Å². The summed E-state index contributed by atoms with van der Waals surface area (Å²) in [5.74, 6) is 0. The molecule has 1 rings (SSSR count). The van der Waals surface area contributed by atoms with Gasteiger partial charge < -0.3 is 19.2 Å². The molecule has 1 aliphatic heterocycles. The van der Waals surface area contributed by atoms with Crippen LogP contribution in [0.1, 0.15) is 40.0 Å². The molecule has 0 unspecified atom stereocenters. The summed E-state index contributed by atoms with van der Waals surface area (Å²) in [5, 5.41) is 9.22. The molecule has 6 heteroatoms. The number of aliphatic hydroxyl groups is 1. The van der Waals surface area contributed by atoms with Gasteiger partial charge in [-0.3, -0.25) is 0 Å². The fourth-order valence-electron chi connectivity index (χ4n) is 2.59. The zero-order chi connectivity index (χ0) is 17.7. The molecule has 1 aliphatic rings. The minimum absolute atomic E-state index is 0.0517. The van der Waals surface area contributed by atoms with Gasteiger partial charge in [0.25, 0.3) is 0 Å². The lowest BCUT2D eigenvalue weighted by atomic mass is 10.1. The number of likely N-dealkylation sites (tertiary alicyclic amines) is 1. The molecule has 0 spiro atoms. The minimum Gasteiger partial charge on any atom is -0.445 e. The molecule has 134 valence electrons. The molecule has 1 heterocycles. The number of carbonyl (C=O) groups is 1. The van der Waals surface area contributed by atoms with Gasteiger partial charge in [-0.05, 0) is 37.4 Å². The van der Waals surface area contributed by atoms with Gasteiger partial charge in [0.1, 0.15) is 6.61 Å². The van der Waals surface area contributed by atoms with E-state index in [4.69, 9.17) is 14.3 Å². The van der Waals surface area contributed by atoms with Crippen LogP contribution in [0.25, 0.3) is 0 Å². The van der Waals surface area contributed by atoms with E-state index in [0.29, 0.717) is 13.0 Å². The molecule has 0 aromatic heterocycles. The number of aliphatic hydroxyl groups excluding tert-OH is 1. The molecule has 5 nitrogen and oxygen atoms in total. The molecule has 1 saturated heterocycles. The van der Waals surface area contributed by atoms with Crippen LogP contribution in [-0.4, -0.2) is 56.3 Å². The maximum Gasteiger partial charge on any atom is 0.410 e. The standard InChI is InChI=1S/C17H33NO4Si/c1-7-11-21-16(20)18-13-15(12-14(18)9-8-10-19)22-23(5,6)17(2,3)4/h7,14-15,19H,1,8-13H2,2-6H3/t14-,15-/m1/s1. The summed E-state index contributed by atoms with van der Waals surface area (Å²) in [6, 6.07) is 0.0780. The van der Waals surface area contributed by atoms with Crippen molar-refractivity contribution in [3.63, 3.8) is 0 Å². The van der Waals surface area contributed by atoms with Crippen molar-refractivity contribution in [1.29, 1.82) is 0 Å². The first-order valence-corrected chi connectivity index (χ1v) is 11.4. The van der Waals surface area contributed by atoms with E-state index < -0.39 is 8.32 Å². The van der Waals surface area contributed by atoms with E-state index in [0.717, 1.165) is 12.8 Å². The lowest BCUT2D eigenvalue weighted by molar-refractivity contribution is 0.100. The molecule has 0 radical (unpaired) electrons. The maximum atomic E-state index is 12.2. The number of amides is 1. The van der Waals surface area contributed by atoms with Crippen molar-refractivity contribution < 1.29 is 19.1 Å². The largest absolute Gasteiger partial charge is 0.445 e. The Morgan fingerprint density at radius 3 is 2.61 bits per heavy atom. The van der Waals surface area contributed by atoms with E-state index in [1.54, 1.807) is 11.0 Å². The van der Waals surface area contributed by atoms with Crippen molar-refractivity contribution in [2.45, 2.75) is 70.3 Å². The summed E-state index contributed by atoms with van der Waals surface area (Å²) < 4.78 is 11.7. The highest BCUT2D eigenvalue weighted by Crippen LogP contribution is 2.39. The number of nitrogens with zero attached hydrogens (tertiary/aromatic N) is 1. The molecule has 1 N–H and O–H groups in total. The Bertz CT molecular complexity index is 406. The molecule has 2 atom stereocenters. The van der Waals surface area contributed by atoms with E-state index in [1.807, 2.05) is 0 Å². The first kappa shape index (κ1) is 20.2. The van der Waals surface area contributed by atoms with Crippen LogP contribution in [0.2, 0.25) is 18.1 Å². The van der Waals surface area contributed by atoms with Gasteiger partial charge in [0.2, 0.25) is 0 Å². The molecular weight excluding hydrogens is 310 g/mol. The molecule has 0 saturated carbocycles. The summed E-state index contributed by atoms with van der Waals surface area (Å²) in [5.41, 5.74) is 0. The Labute approximate surface area is 141 Å². The van der Waals surface area contributed by atoms with Crippen LogP contribution < -0.4 is 0 Å². The van der Waals surface area contributed by atoms with Gasteiger partial charge in [0.05, 0.1) is 6.10 Å². The third-order valence-corrected chi connectivity index (χ3v) is 9.43. The van der Waals surface area contributed by atoms with E-state index in [-0.39, 0.29) is 36.5 Å². The monoisotopic (exact) mass is 343 g/mol. The Morgan fingerprint density at radius 1 is 1.43 bits per heavy atom. The predicted octanol–water partition coefficient (Wildman–Crippen LogP) is 3.55. The van der Waals surface area contributed by atoms with Gasteiger partial charge in [0.15, 0.2) is 8.32 Å². The highest BCUT2D eigenvalue weighted by atomic mass is 28.4. The zero-order valence-electron chi connectivity index (χ0n) is 15.3. The van der Waals surface area contributed by atoms with Gasteiger partial charge in [-0.25, -0.2) is 4.79 Å². The van der Waals surface area contributed by atoms with Crippen LogP contribution in [0.4, 0.5) is 4.79 Å². The van der Waals surface area contributed by atoms with Crippen molar-refractivity contribution in [3.8, 4) is 0 Å². The molecule has 1 amide bonds. The average molecular weight is 344 g/mol. The first-order valence-electron chi connectivity index (χ1n) is 8.45. The highest BCUT2D eigenvalue weighted by Gasteiger charge is 2.43. The smallest absolute Gasteiger partial charge is 0.410 e. The highest BCUT2D eigenvalue weighted by molar-refractivity contribution is 6.74. The number of carbonyl (C=O) groups excluding carboxylic acids is 1. The van der Waals surface area contributed by atoms with Crippen molar-refractivity contribution in [3.05, 3.63) is 12.7 Å². The fraction of sp³-hybridized carbons (Fsp3) is 0.824. The zero-order valence-corrected chi connectivity index (χ0v) is 16.3. The van der Waals surface area contributed by atoms with Gasteiger partial charge in [-0.15, -0.1) is 0 Å². The Kier molecular flexibility index (Phi) is 7.29. The van der Waals surface area contributed by atoms with Gasteiger partial charge >= 0.3 is 6.09 Å². The lowest BCUT2D eigenvalue weighted by Crippen LogP contribution is -2.44. The molecule has 1 fully saturated rings. The quantitative estimate of drug-likeness (QED) is 0.567. The topological polar surface area (TPSA) is 59.0 Å². The molecule has 23 heavy (non-hydrogen) atoms. The van der Waals surface area contributed by atoms with Crippen molar-refractivity contribution in [2.75, 3.05) is 19.8 Å². The SMILES string of the molecule is C=CCOC(=O)N1C[C@H](O[Si](C)(C)C(C)(C)C)C[C@H]1CCCO. The molecule has 0 bridgehead atoms. The van der Waals surface area contributed by atoms with Gasteiger partial charge in [-0.1, -0.05) is 33.4 Å². The van der Waals surface area contributed by atoms with Crippen LogP contribution in [0.15, 0.2) is 12.7 Å². The van der Waals surface area contributed by atoms with Crippen LogP contribution >= 0.6 is 0 Å². The van der Waals surface area contributed by atoms with Gasteiger partial charge in [0, 0.05) is 19.2 Å². The third-order valence-electron chi connectivity index (χ3n) is 4.90. The van der Waals surface area contributed by atoms with E-state index in [2.05, 4.69) is 40.4 Å². The van der Waals surface area contributed by atoms with Crippen molar-refractivity contribution >= 4 is 14.4 Å². The normalized spacial score (nSPS) is 22.3. The minimum atomic E-state index is -1.86. The lowest BCUT2D eigenvalue weighted by Gasteiger charge is -2.38. The van der Waals surface area contributed by atoms with Crippen LogP contribution in [0, 0.1) is 0 Å². The molecule has 0 aromatic rings. The second kappa shape index (κ2) is 8.31. The fourth-order valence-corrected chi connectivity index (χ4v) is 3.95. The first-order chi connectivity index (χ1) is 10.6. The third kappa shape index (κ3) is 5.62. The number of hydrogen-bond acceptors (Lipinski definition) is 4. The average Bonchev–Trinajstić information content (AvgIpc) is 2.83. The van der Waals surface area contributed by atoms with Crippen LogP contribution in [-0.2, 0) is 9.16 Å². The maximum absolute atomic E-state index is 12.2. The second-order valence-electron chi connectivity index (χ2n) is 7.77. The predicted molar refractivity (Wildman–Crippen MR) is 95.0 cm³/mol. The Balaban J connectivity index is 2.74. The van der Waals surface area contributed by atoms with Crippen LogP contribution in [0.5, 0.6) is 0 Å². The van der Waals surface area contributed by atoms with Crippen LogP contribution in [0.3, 0.4) is 0 Å². The molecular formula is C17H33NO4Si. The summed E-state index contributed by atoms with van der Waals surface area (Å²) in [4.78, 5) is 14.0. The Morgan fingerprint density at radius 2 is 2.09 bits per heavy atom. The van der Waals surface area contributed by atoms with E-state index >= 15 is 0 Å². The number of rotatable bonds is 7. The number of hydrogen-bond donors (Lipinski definition) is 1. The number of ether oxygens (including phenoxy) is 1. The molecule has 0 aromatic carbocycles. The summed E-state index contributed by atoms with van der Waals surface area (Å²) in [6.07, 6.45) is 3.58. The summed E-state index contributed by atoms with van der Waals surface area (Å²) in [6.45, 7) is 15.6. The molecule has 0 aliphatic carbocycles. The van der Waals surface area contributed by atoms with Gasteiger partial charge in [-0.2, -0.15) is 0 Å². The Hall–Kier alpha value is -0.853. The van der Waals surface area contributed by atoms with E-state index in [9.17, 15) is 4.79 Å². The summed E-state index contributed by atoms with van der Waals surface area (Å²) in [7, 11) is -1.86. The summed E-state index contributed by atoms with van der Waals surface area (Å²) >= 11 is 0. The van der Waals surface area contributed by atoms with E-state index in [1.165, 1.54) is 0 Å². The second-order valence-corrected chi connectivity index (χ2v) is 12.5.